The fraction of sp³-hybridized carbons (Fsp3) is 0.269. The molecule has 1 aliphatic heterocycles. The first-order chi connectivity index (χ1) is 17.4. The number of fused-ring (bicyclic) bond motifs is 1. The van der Waals surface area contributed by atoms with Gasteiger partial charge in [0.2, 0.25) is 0 Å². The zero-order valence-corrected chi connectivity index (χ0v) is 19.9. The second-order valence-electron chi connectivity index (χ2n) is 8.15. The molecule has 0 atom stereocenters. The Labute approximate surface area is 207 Å². The van der Waals surface area contributed by atoms with Crippen molar-refractivity contribution in [3.63, 3.8) is 0 Å². The van der Waals surface area contributed by atoms with Crippen molar-refractivity contribution in [1.29, 1.82) is 0 Å². The van der Waals surface area contributed by atoms with E-state index in [0.29, 0.717) is 5.82 Å². The highest BCUT2D eigenvalue weighted by molar-refractivity contribution is 6.02. The molecule has 10 heteroatoms. The number of pyridine rings is 1. The lowest BCUT2D eigenvalue weighted by Crippen LogP contribution is -2.25. The van der Waals surface area contributed by atoms with Crippen LogP contribution in [0.4, 0.5) is 11.5 Å². The molecule has 1 saturated heterocycles. The van der Waals surface area contributed by atoms with Gasteiger partial charge in [0.25, 0.3) is 5.91 Å². The summed E-state index contributed by atoms with van der Waals surface area (Å²) in [7, 11) is 2.39. The molecule has 1 aromatic heterocycles. The Balaban J connectivity index is 1.51. The number of methoxy groups -OCH3 is 2. The van der Waals surface area contributed by atoms with Crippen LogP contribution in [0.1, 0.15) is 43.9 Å². The van der Waals surface area contributed by atoms with Crippen molar-refractivity contribution in [2.45, 2.75) is 12.8 Å². The summed E-state index contributed by atoms with van der Waals surface area (Å²) in [5.41, 5.74) is 1.28. The molecule has 2 heterocycles. The fourth-order valence-corrected chi connectivity index (χ4v) is 4.00. The van der Waals surface area contributed by atoms with E-state index in [9.17, 15) is 19.2 Å². The van der Waals surface area contributed by atoms with Gasteiger partial charge in [0, 0.05) is 24.2 Å². The molecular weight excluding hydrogens is 466 g/mol. The second-order valence-corrected chi connectivity index (χ2v) is 8.15. The summed E-state index contributed by atoms with van der Waals surface area (Å²) in [6.45, 7) is 0.984. The summed E-state index contributed by atoms with van der Waals surface area (Å²) >= 11 is 0. The Morgan fingerprint density at radius 3 is 2.17 bits per heavy atom. The number of amides is 1. The number of nitrogens with zero attached hydrogens (tertiary/aromatic N) is 2. The number of hydrogen-bond acceptors (Lipinski definition) is 9. The molecule has 1 aliphatic rings. The molecule has 0 unspecified atom stereocenters. The smallest absolute Gasteiger partial charge is 0.342 e. The minimum atomic E-state index is -0.694. The van der Waals surface area contributed by atoms with Crippen LogP contribution in [0.15, 0.2) is 48.5 Å². The van der Waals surface area contributed by atoms with E-state index in [1.54, 1.807) is 6.07 Å². The van der Waals surface area contributed by atoms with E-state index in [1.807, 2.05) is 29.2 Å². The van der Waals surface area contributed by atoms with Crippen molar-refractivity contribution >= 4 is 46.2 Å². The van der Waals surface area contributed by atoms with Gasteiger partial charge in [-0.2, -0.15) is 0 Å². The van der Waals surface area contributed by atoms with Crippen LogP contribution in [0.2, 0.25) is 0 Å². The topological polar surface area (TPSA) is 124 Å². The molecule has 0 saturated carbocycles. The van der Waals surface area contributed by atoms with Gasteiger partial charge >= 0.3 is 17.9 Å². The number of aromatic nitrogens is 1. The number of esters is 3. The maximum absolute atomic E-state index is 13.0. The summed E-state index contributed by atoms with van der Waals surface area (Å²) in [6.07, 6.45) is 2.01. The second kappa shape index (κ2) is 10.9. The van der Waals surface area contributed by atoms with Crippen LogP contribution in [0, 0.1) is 0 Å². The van der Waals surface area contributed by atoms with Crippen LogP contribution in [-0.2, 0) is 19.0 Å². The van der Waals surface area contributed by atoms with Crippen LogP contribution < -0.4 is 10.2 Å². The first-order valence-electron chi connectivity index (χ1n) is 11.3. The predicted molar refractivity (Wildman–Crippen MR) is 131 cm³/mol. The Morgan fingerprint density at radius 2 is 1.53 bits per heavy atom. The lowest BCUT2D eigenvalue weighted by Gasteiger charge is -2.20. The molecule has 0 spiro atoms. The summed E-state index contributed by atoms with van der Waals surface area (Å²) < 4.78 is 14.7. The molecule has 1 fully saturated rings. The van der Waals surface area contributed by atoms with Gasteiger partial charge in [-0.05, 0) is 43.2 Å². The van der Waals surface area contributed by atoms with Crippen LogP contribution in [-0.4, -0.2) is 62.7 Å². The van der Waals surface area contributed by atoms with Crippen molar-refractivity contribution < 1.29 is 33.4 Å². The molecule has 3 aromatic rings. The highest BCUT2D eigenvalue weighted by Crippen LogP contribution is 2.27. The molecule has 1 N–H and O–H groups in total. The zero-order chi connectivity index (χ0) is 25.7. The van der Waals surface area contributed by atoms with Gasteiger partial charge < -0.3 is 24.4 Å². The number of ether oxygens (including phenoxy) is 3. The lowest BCUT2D eigenvalue weighted by molar-refractivity contribution is -0.119. The quantitative estimate of drug-likeness (QED) is 0.392. The van der Waals surface area contributed by atoms with Gasteiger partial charge in [-0.3, -0.25) is 4.79 Å². The third-order valence-electron chi connectivity index (χ3n) is 5.72. The molecule has 4 rings (SSSR count). The van der Waals surface area contributed by atoms with Gasteiger partial charge in [0.1, 0.15) is 11.4 Å². The number of para-hydroxylation sites is 1. The molecule has 1 amide bonds. The fourth-order valence-electron chi connectivity index (χ4n) is 4.00. The van der Waals surface area contributed by atoms with Crippen LogP contribution in [0.25, 0.3) is 10.9 Å². The lowest BCUT2D eigenvalue weighted by atomic mass is 10.1. The number of hydrogen-bond donors (Lipinski definition) is 1. The Kier molecular flexibility index (Phi) is 7.43. The number of nitrogens with one attached hydrogen (secondary N) is 1. The van der Waals surface area contributed by atoms with E-state index in [4.69, 9.17) is 14.2 Å². The molecule has 0 radical (unpaired) electrons. The number of anilines is 2. The van der Waals surface area contributed by atoms with E-state index in [2.05, 4.69) is 10.3 Å². The Hall–Kier alpha value is -4.47. The number of rotatable bonds is 7. The normalized spacial score (nSPS) is 12.8. The first-order valence-corrected chi connectivity index (χ1v) is 11.3. The van der Waals surface area contributed by atoms with Crippen molar-refractivity contribution in [2.24, 2.45) is 0 Å². The Bertz CT molecular complexity index is 1300. The van der Waals surface area contributed by atoms with Crippen LogP contribution in [0.3, 0.4) is 0 Å². The van der Waals surface area contributed by atoms with Gasteiger partial charge in [0.05, 0.1) is 30.9 Å². The number of benzene rings is 2. The molecule has 36 heavy (non-hydrogen) atoms. The van der Waals surface area contributed by atoms with Crippen LogP contribution >= 0.6 is 0 Å². The molecule has 0 aliphatic carbocycles. The van der Waals surface area contributed by atoms with E-state index < -0.39 is 30.4 Å². The molecular formula is C26H25N3O7. The van der Waals surface area contributed by atoms with Crippen molar-refractivity contribution in [3.05, 3.63) is 65.2 Å². The third kappa shape index (κ3) is 5.43. The zero-order valence-electron chi connectivity index (χ0n) is 19.9. The van der Waals surface area contributed by atoms with Gasteiger partial charge in [-0.25, -0.2) is 19.4 Å². The predicted octanol–water partition coefficient (Wildman–Crippen LogP) is 3.20. The standard InChI is InChI=1S/C26H25N3O7/c1-34-24(31)17-11-18(25(32)35-2)13-19(12-17)27-22(30)15-36-26(33)20-14-16-7-3-4-8-21(16)28-23(20)29-9-5-6-10-29/h3-4,7-8,11-14H,5-6,9-10,15H2,1-2H3,(H,27,30). The molecule has 186 valence electrons. The number of carbonyl (C=O) groups excluding carboxylic acids is 4. The molecule has 10 nitrogen and oxygen atoms in total. The maximum Gasteiger partial charge on any atom is 0.342 e. The van der Waals surface area contributed by atoms with Crippen molar-refractivity contribution in [2.75, 3.05) is 44.1 Å². The minimum Gasteiger partial charge on any atom is -0.465 e. The largest absolute Gasteiger partial charge is 0.465 e. The molecule has 2 aromatic carbocycles. The summed E-state index contributed by atoms with van der Waals surface area (Å²) in [4.78, 5) is 56.2. The SMILES string of the molecule is COC(=O)c1cc(NC(=O)COC(=O)c2cc3ccccc3nc2N2CCCC2)cc(C(=O)OC)c1. The van der Waals surface area contributed by atoms with Gasteiger partial charge in [-0.1, -0.05) is 18.2 Å². The van der Waals surface area contributed by atoms with E-state index in [0.717, 1.165) is 36.8 Å². The first kappa shape index (κ1) is 24.6. The Morgan fingerprint density at radius 1 is 0.889 bits per heavy atom. The average Bonchev–Trinajstić information content (AvgIpc) is 3.44. The van der Waals surface area contributed by atoms with Gasteiger partial charge in [0.15, 0.2) is 6.61 Å². The van der Waals surface area contributed by atoms with Gasteiger partial charge in [-0.15, -0.1) is 0 Å². The highest BCUT2D eigenvalue weighted by Gasteiger charge is 2.24. The van der Waals surface area contributed by atoms with Crippen molar-refractivity contribution in [1.82, 2.24) is 4.98 Å². The molecule has 0 bridgehead atoms. The minimum absolute atomic E-state index is 0.0465. The highest BCUT2D eigenvalue weighted by atomic mass is 16.5. The van der Waals surface area contributed by atoms with Crippen molar-refractivity contribution in [3.8, 4) is 0 Å². The van der Waals surface area contributed by atoms with E-state index >= 15 is 0 Å². The monoisotopic (exact) mass is 491 g/mol. The maximum atomic E-state index is 13.0. The summed E-state index contributed by atoms with van der Waals surface area (Å²) in [5, 5.41) is 3.31. The average molecular weight is 492 g/mol. The summed E-state index contributed by atoms with van der Waals surface area (Å²) in [6, 6.07) is 13.2. The third-order valence-corrected chi connectivity index (χ3v) is 5.72. The summed E-state index contributed by atoms with van der Waals surface area (Å²) in [5.74, 6) is -2.19. The number of carbonyl (C=O) groups is 4. The van der Waals surface area contributed by atoms with Crippen LogP contribution in [0.5, 0.6) is 0 Å². The van der Waals surface area contributed by atoms with E-state index in [-0.39, 0.29) is 22.4 Å². The van der Waals surface area contributed by atoms with E-state index in [1.165, 1.54) is 32.4 Å².